The fraction of sp³-hybridized carbons (Fsp3) is 1.00. The van der Waals surface area contributed by atoms with Crippen molar-refractivity contribution in [1.82, 2.24) is 0 Å². The normalized spacial score (nSPS) is 13.5. The number of hydrogen-bond acceptors (Lipinski definition) is 2. The minimum Gasteiger partial charge on any atom is -0.394 e. The quantitative estimate of drug-likeness (QED) is 0.228. The highest BCUT2D eigenvalue weighted by atomic mass is 28.4. The van der Waals surface area contributed by atoms with Gasteiger partial charge in [0.15, 0.2) is 0 Å². The average molecular weight is 331 g/mol. The van der Waals surface area contributed by atoms with E-state index in [1.807, 2.05) is 0 Å². The van der Waals surface area contributed by atoms with Gasteiger partial charge in [0, 0.05) is 12.7 Å². The van der Waals surface area contributed by atoms with E-state index in [0.29, 0.717) is 6.10 Å². The van der Waals surface area contributed by atoms with E-state index in [9.17, 15) is 0 Å². The molecule has 0 saturated heterocycles. The first-order valence-electron chi connectivity index (χ1n) is 9.95. The van der Waals surface area contributed by atoms with Gasteiger partial charge in [-0.05, 0) is 31.9 Å². The molecule has 3 heteroatoms. The molecule has 0 aromatic carbocycles. The summed E-state index contributed by atoms with van der Waals surface area (Å²) < 4.78 is 12.8. The molecule has 0 spiro atoms. The van der Waals surface area contributed by atoms with Crippen LogP contribution in [0.5, 0.6) is 0 Å². The highest BCUT2D eigenvalue weighted by Crippen LogP contribution is 2.23. The number of hydrogen-bond donors (Lipinski definition) is 0. The van der Waals surface area contributed by atoms with Crippen LogP contribution in [0.25, 0.3) is 0 Å². The lowest BCUT2D eigenvalue weighted by atomic mass is 10.1. The van der Waals surface area contributed by atoms with Gasteiger partial charge in [0.05, 0.1) is 0 Å². The van der Waals surface area contributed by atoms with Crippen molar-refractivity contribution in [2.45, 2.75) is 117 Å². The lowest BCUT2D eigenvalue weighted by Crippen LogP contribution is -2.43. The van der Waals surface area contributed by atoms with Crippen molar-refractivity contribution < 1.29 is 8.85 Å². The Bertz CT molecular complexity index is 229. The van der Waals surface area contributed by atoms with E-state index in [0.717, 1.165) is 18.7 Å². The van der Waals surface area contributed by atoms with Gasteiger partial charge in [-0.1, -0.05) is 79.1 Å². The molecule has 22 heavy (non-hydrogen) atoms. The molecule has 0 aliphatic heterocycles. The molecule has 0 saturated carbocycles. The van der Waals surface area contributed by atoms with E-state index in [-0.39, 0.29) is 0 Å². The molecule has 0 heterocycles. The number of unbranched alkanes of at least 4 members (excludes halogenated alkanes) is 7. The summed E-state index contributed by atoms with van der Waals surface area (Å²) in [7, 11) is -1.94. The summed E-state index contributed by atoms with van der Waals surface area (Å²) in [5.41, 5.74) is 0. The highest BCUT2D eigenvalue weighted by Gasteiger charge is 2.35. The van der Waals surface area contributed by atoms with Gasteiger partial charge in [0.2, 0.25) is 0 Å². The second-order valence-corrected chi connectivity index (χ2v) is 10.4. The zero-order chi connectivity index (χ0) is 16.7. The van der Waals surface area contributed by atoms with E-state index < -0.39 is 8.56 Å². The van der Waals surface area contributed by atoms with Crippen LogP contribution in [0.15, 0.2) is 0 Å². The Morgan fingerprint density at radius 2 is 1.27 bits per heavy atom. The summed E-state index contributed by atoms with van der Waals surface area (Å²) in [6.07, 6.45) is 13.4. The molecular formula is C19H42O2Si. The Balaban J connectivity index is 3.99. The molecule has 0 aliphatic carbocycles. The molecule has 134 valence electrons. The van der Waals surface area contributed by atoms with Crippen molar-refractivity contribution in [3.63, 3.8) is 0 Å². The number of rotatable bonds is 16. The van der Waals surface area contributed by atoms with E-state index >= 15 is 0 Å². The first kappa shape index (κ1) is 22.1. The van der Waals surface area contributed by atoms with E-state index in [2.05, 4.69) is 34.6 Å². The SMILES string of the molecule is CCCCCCCCO[Si](CC)(CC)OC(C)CCCCC. The summed E-state index contributed by atoms with van der Waals surface area (Å²) in [5, 5.41) is 0. The third-order valence-electron chi connectivity index (χ3n) is 4.57. The van der Waals surface area contributed by atoms with Gasteiger partial charge in [-0.2, -0.15) is 0 Å². The molecule has 0 aromatic heterocycles. The zero-order valence-corrected chi connectivity index (χ0v) is 17.1. The van der Waals surface area contributed by atoms with Crippen LogP contribution in [0.3, 0.4) is 0 Å². The Hall–Kier alpha value is 0.137. The molecule has 0 amide bonds. The van der Waals surface area contributed by atoms with Crippen molar-refractivity contribution >= 4 is 8.56 Å². The van der Waals surface area contributed by atoms with Crippen LogP contribution in [0.2, 0.25) is 12.1 Å². The van der Waals surface area contributed by atoms with Crippen LogP contribution in [-0.4, -0.2) is 21.3 Å². The Labute approximate surface area is 141 Å². The van der Waals surface area contributed by atoms with E-state index in [1.54, 1.807) is 0 Å². The molecule has 0 N–H and O–H groups in total. The van der Waals surface area contributed by atoms with Crippen LogP contribution >= 0.6 is 0 Å². The lowest BCUT2D eigenvalue weighted by Gasteiger charge is -2.32. The maximum Gasteiger partial charge on any atom is 0.337 e. The van der Waals surface area contributed by atoms with Gasteiger partial charge in [0.1, 0.15) is 0 Å². The van der Waals surface area contributed by atoms with Gasteiger partial charge < -0.3 is 8.85 Å². The molecule has 0 fully saturated rings. The molecule has 0 aromatic rings. The Morgan fingerprint density at radius 1 is 0.727 bits per heavy atom. The fourth-order valence-electron chi connectivity index (χ4n) is 2.90. The lowest BCUT2D eigenvalue weighted by molar-refractivity contribution is 0.114. The van der Waals surface area contributed by atoms with Crippen molar-refractivity contribution in [1.29, 1.82) is 0 Å². The summed E-state index contributed by atoms with van der Waals surface area (Å²) in [6.45, 7) is 12.2. The van der Waals surface area contributed by atoms with Crippen molar-refractivity contribution in [3.05, 3.63) is 0 Å². The Morgan fingerprint density at radius 3 is 1.86 bits per heavy atom. The largest absolute Gasteiger partial charge is 0.394 e. The van der Waals surface area contributed by atoms with Crippen molar-refractivity contribution in [3.8, 4) is 0 Å². The minimum atomic E-state index is -1.94. The molecule has 1 atom stereocenters. The predicted octanol–water partition coefficient (Wildman–Crippen LogP) is 6.83. The summed E-state index contributed by atoms with van der Waals surface area (Å²) in [5.74, 6) is 0. The molecule has 0 radical (unpaired) electrons. The monoisotopic (exact) mass is 330 g/mol. The van der Waals surface area contributed by atoms with Crippen LogP contribution in [0.1, 0.15) is 98.8 Å². The molecule has 0 bridgehead atoms. The first-order valence-corrected chi connectivity index (χ1v) is 12.2. The minimum absolute atomic E-state index is 0.364. The third-order valence-corrected chi connectivity index (χ3v) is 8.29. The predicted molar refractivity (Wildman–Crippen MR) is 101 cm³/mol. The van der Waals surface area contributed by atoms with Gasteiger partial charge in [-0.25, -0.2) is 0 Å². The molecular weight excluding hydrogens is 288 g/mol. The van der Waals surface area contributed by atoms with Crippen LogP contribution in [-0.2, 0) is 8.85 Å². The Kier molecular flexibility index (Phi) is 14.8. The topological polar surface area (TPSA) is 18.5 Å². The maximum absolute atomic E-state index is 6.44. The van der Waals surface area contributed by atoms with E-state index in [4.69, 9.17) is 8.85 Å². The first-order chi connectivity index (χ1) is 10.6. The van der Waals surface area contributed by atoms with Crippen molar-refractivity contribution in [2.75, 3.05) is 6.61 Å². The average Bonchev–Trinajstić information content (AvgIpc) is 2.53. The third kappa shape index (κ3) is 10.8. The molecule has 0 aliphatic rings. The van der Waals surface area contributed by atoms with E-state index in [1.165, 1.54) is 64.2 Å². The van der Waals surface area contributed by atoms with Crippen molar-refractivity contribution in [2.24, 2.45) is 0 Å². The summed E-state index contributed by atoms with van der Waals surface area (Å²) in [6, 6.07) is 2.16. The highest BCUT2D eigenvalue weighted by molar-refractivity contribution is 6.67. The van der Waals surface area contributed by atoms with Gasteiger partial charge >= 0.3 is 8.56 Å². The summed E-state index contributed by atoms with van der Waals surface area (Å²) in [4.78, 5) is 0. The standard InChI is InChI=1S/C19H42O2Si/c1-6-10-12-13-14-16-18-20-22(8-3,9-4)21-19(5)17-15-11-7-2/h19H,6-18H2,1-5H3. The second-order valence-electron chi connectivity index (χ2n) is 6.66. The zero-order valence-electron chi connectivity index (χ0n) is 16.1. The fourth-order valence-corrected chi connectivity index (χ4v) is 5.58. The van der Waals surface area contributed by atoms with Gasteiger partial charge in [-0.15, -0.1) is 0 Å². The van der Waals surface area contributed by atoms with Crippen LogP contribution in [0, 0.1) is 0 Å². The van der Waals surface area contributed by atoms with Gasteiger partial charge in [-0.3, -0.25) is 0 Å². The smallest absolute Gasteiger partial charge is 0.337 e. The maximum atomic E-state index is 6.44. The molecule has 0 rings (SSSR count). The molecule has 2 nitrogen and oxygen atoms in total. The van der Waals surface area contributed by atoms with Crippen LogP contribution in [0.4, 0.5) is 0 Å². The van der Waals surface area contributed by atoms with Crippen LogP contribution < -0.4 is 0 Å². The summed E-state index contributed by atoms with van der Waals surface area (Å²) >= 11 is 0. The molecule has 1 unspecified atom stereocenters. The van der Waals surface area contributed by atoms with Gasteiger partial charge in [0.25, 0.3) is 0 Å². The second kappa shape index (κ2) is 14.7.